The van der Waals surface area contributed by atoms with E-state index in [2.05, 4.69) is 9.88 Å². The Morgan fingerprint density at radius 1 is 1.43 bits per heavy atom. The molecule has 0 radical (unpaired) electrons. The molecule has 7 heteroatoms. The highest BCUT2D eigenvalue weighted by Gasteiger charge is 2.31. The number of hydrogen-bond acceptors (Lipinski definition) is 6. The summed E-state index contributed by atoms with van der Waals surface area (Å²) in [5, 5.41) is 2.62. The molecule has 0 fully saturated rings. The third-order valence-corrected chi connectivity index (χ3v) is 1.32. The second-order valence-corrected chi connectivity index (χ2v) is 2.60. The van der Waals surface area contributed by atoms with Crippen LogP contribution in [0.3, 0.4) is 0 Å². The fraction of sp³-hybridized carbons (Fsp3) is 0.429. The molecule has 0 aromatic heterocycles. The Kier molecular flexibility index (Phi) is 3.52. The van der Waals surface area contributed by atoms with E-state index in [1.807, 2.05) is 0 Å². The second kappa shape index (κ2) is 4.66. The van der Waals surface area contributed by atoms with Crippen molar-refractivity contribution in [3.8, 4) is 0 Å². The Morgan fingerprint density at radius 3 is 2.71 bits per heavy atom. The van der Waals surface area contributed by atoms with Gasteiger partial charge in [0.2, 0.25) is 0 Å². The smallest absolute Gasteiger partial charge is 0.518 e. The van der Waals surface area contributed by atoms with Gasteiger partial charge >= 0.3 is 13.2 Å². The van der Waals surface area contributed by atoms with Gasteiger partial charge in [-0.05, 0) is 0 Å². The summed E-state index contributed by atoms with van der Waals surface area (Å²) in [6.45, 7) is 2.54. The van der Waals surface area contributed by atoms with E-state index >= 15 is 0 Å². The molecule has 1 aliphatic rings. The Balaban J connectivity index is 2.43. The molecule has 1 heterocycles. The van der Waals surface area contributed by atoms with Gasteiger partial charge in [0.05, 0.1) is 6.26 Å². The molecule has 0 saturated heterocycles. The molecule has 1 aliphatic heterocycles. The van der Waals surface area contributed by atoms with E-state index in [1.165, 1.54) is 26.2 Å². The summed E-state index contributed by atoms with van der Waals surface area (Å²) in [4.78, 5) is 21.2. The SMILES string of the molecule is CC(=O)OB1NC(OC(C)=O)C=CO1. The molecular formula is C7H10BNO5. The van der Waals surface area contributed by atoms with Crippen LogP contribution in [0.5, 0.6) is 0 Å². The maximum atomic E-state index is 10.6. The molecule has 0 amide bonds. The van der Waals surface area contributed by atoms with E-state index < -0.39 is 25.4 Å². The van der Waals surface area contributed by atoms with Gasteiger partial charge in [0, 0.05) is 19.9 Å². The van der Waals surface area contributed by atoms with E-state index in [-0.39, 0.29) is 0 Å². The van der Waals surface area contributed by atoms with Crippen molar-refractivity contribution in [1.29, 1.82) is 0 Å². The van der Waals surface area contributed by atoms with Gasteiger partial charge in [0.25, 0.3) is 5.97 Å². The van der Waals surface area contributed by atoms with E-state index in [9.17, 15) is 9.59 Å². The Morgan fingerprint density at radius 2 is 2.14 bits per heavy atom. The Hall–Kier alpha value is -1.50. The van der Waals surface area contributed by atoms with Crippen molar-refractivity contribution in [2.45, 2.75) is 20.1 Å². The summed E-state index contributed by atoms with van der Waals surface area (Å²) in [5.41, 5.74) is 0. The molecular weight excluding hydrogens is 189 g/mol. The van der Waals surface area contributed by atoms with Gasteiger partial charge in [-0.1, -0.05) is 0 Å². The molecule has 1 unspecified atom stereocenters. The average Bonchev–Trinajstić information content (AvgIpc) is 2.01. The first-order valence-corrected chi connectivity index (χ1v) is 4.00. The number of ether oxygens (including phenoxy) is 1. The molecule has 1 rings (SSSR count). The van der Waals surface area contributed by atoms with Crippen molar-refractivity contribution >= 4 is 19.2 Å². The summed E-state index contributed by atoms with van der Waals surface area (Å²) >= 11 is 0. The van der Waals surface area contributed by atoms with Crippen LogP contribution >= 0.6 is 0 Å². The Bertz CT molecular complexity index is 267. The van der Waals surface area contributed by atoms with Crippen LogP contribution in [0.2, 0.25) is 0 Å². The lowest BCUT2D eigenvalue weighted by molar-refractivity contribution is -0.145. The highest BCUT2D eigenvalue weighted by atomic mass is 16.6. The summed E-state index contributed by atoms with van der Waals surface area (Å²) in [6.07, 6.45) is 2.16. The number of esters is 1. The first kappa shape index (κ1) is 10.6. The maximum Gasteiger partial charge on any atom is 0.703 e. The van der Waals surface area contributed by atoms with Crippen LogP contribution < -0.4 is 5.23 Å². The van der Waals surface area contributed by atoms with E-state index in [1.54, 1.807) is 0 Å². The lowest BCUT2D eigenvalue weighted by Gasteiger charge is -2.21. The van der Waals surface area contributed by atoms with Gasteiger partial charge in [-0.3, -0.25) is 9.59 Å². The molecule has 1 N–H and O–H groups in total. The number of carbonyl (C=O) groups is 2. The van der Waals surface area contributed by atoms with Gasteiger partial charge in [-0.15, -0.1) is 0 Å². The average molecular weight is 199 g/mol. The molecule has 0 spiro atoms. The van der Waals surface area contributed by atoms with Crippen LogP contribution in [-0.2, 0) is 23.6 Å². The lowest BCUT2D eigenvalue weighted by atomic mass is 10.1. The van der Waals surface area contributed by atoms with Crippen LogP contribution in [0.4, 0.5) is 0 Å². The van der Waals surface area contributed by atoms with Crippen LogP contribution in [-0.4, -0.2) is 25.4 Å². The number of nitrogens with one attached hydrogen (secondary N) is 1. The minimum absolute atomic E-state index is 0.435. The lowest BCUT2D eigenvalue weighted by Crippen LogP contribution is -2.49. The van der Waals surface area contributed by atoms with E-state index in [0.29, 0.717) is 0 Å². The van der Waals surface area contributed by atoms with E-state index in [4.69, 9.17) is 9.39 Å². The van der Waals surface area contributed by atoms with Crippen molar-refractivity contribution < 1.29 is 23.6 Å². The molecule has 0 aliphatic carbocycles. The minimum Gasteiger partial charge on any atom is -0.518 e. The summed E-state index contributed by atoms with van der Waals surface area (Å²) < 4.78 is 14.4. The van der Waals surface area contributed by atoms with Crippen molar-refractivity contribution in [3.05, 3.63) is 12.3 Å². The predicted octanol–water partition coefficient (Wildman–Crippen LogP) is -0.443. The summed E-state index contributed by atoms with van der Waals surface area (Å²) in [6, 6.07) is 0. The first-order valence-electron chi connectivity index (χ1n) is 4.00. The molecule has 1 atom stereocenters. The van der Waals surface area contributed by atoms with Crippen LogP contribution in [0, 0.1) is 0 Å². The van der Waals surface area contributed by atoms with Crippen molar-refractivity contribution in [3.63, 3.8) is 0 Å². The largest absolute Gasteiger partial charge is 0.703 e. The fourth-order valence-corrected chi connectivity index (χ4v) is 0.882. The fourth-order valence-electron chi connectivity index (χ4n) is 0.882. The summed E-state index contributed by atoms with van der Waals surface area (Å²) in [7, 11) is -0.915. The summed E-state index contributed by atoms with van der Waals surface area (Å²) in [5.74, 6) is -0.921. The zero-order chi connectivity index (χ0) is 10.6. The molecule has 14 heavy (non-hydrogen) atoms. The minimum atomic E-state index is -0.915. The van der Waals surface area contributed by atoms with Gasteiger partial charge in [0.15, 0.2) is 6.23 Å². The topological polar surface area (TPSA) is 73.9 Å². The second-order valence-electron chi connectivity index (χ2n) is 2.60. The first-order chi connectivity index (χ1) is 6.58. The molecule has 76 valence electrons. The highest BCUT2D eigenvalue weighted by Crippen LogP contribution is 2.01. The van der Waals surface area contributed by atoms with Gasteiger partial charge in [-0.25, -0.2) is 5.23 Å². The zero-order valence-corrected chi connectivity index (χ0v) is 7.85. The van der Waals surface area contributed by atoms with Gasteiger partial charge < -0.3 is 14.0 Å². The molecule has 0 aromatic rings. The monoisotopic (exact) mass is 199 g/mol. The third kappa shape index (κ3) is 3.48. The number of carbonyl (C=O) groups excluding carboxylic acids is 2. The van der Waals surface area contributed by atoms with Gasteiger partial charge in [-0.2, -0.15) is 0 Å². The highest BCUT2D eigenvalue weighted by molar-refractivity contribution is 6.44. The molecule has 0 bridgehead atoms. The van der Waals surface area contributed by atoms with Crippen LogP contribution in [0.1, 0.15) is 13.8 Å². The molecule has 6 nitrogen and oxygen atoms in total. The van der Waals surface area contributed by atoms with Crippen molar-refractivity contribution in [2.24, 2.45) is 0 Å². The zero-order valence-electron chi connectivity index (χ0n) is 7.85. The normalized spacial score (nSPS) is 19.9. The van der Waals surface area contributed by atoms with Gasteiger partial charge in [0.1, 0.15) is 0 Å². The number of rotatable bonds is 2. The number of hydrogen-bond donors (Lipinski definition) is 1. The Labute approximate surface area is 81.4 Å². The van der Waals surface area contributed by atoms with Crippen molar-refractivity contribution in [1.82, 2.24) is 5.23 Å². The quantitative estimate of drug-likeness (QED) is 0.479. The molecule has 0 aromatic carbocycles. The van der Waals surface area contributed by atoms with Crippen LogP contribution in [0.25, 0.3) is 0 Å². The third-order valence-electron chi connectivity index (χ3n) is 1.32. The van der Waals surface area contributed by atoms with Crippen LogP contribution in [0.15, 0.2) is 12.3 Å². The predicted molar refractivity (Wildman–Crippen MR) is 46.4 cm³/mol. The van der Waals surface area contributed by atoms with E-state index in [0.717, 1.165) is 0 Å². The standard InChI is InChI=1S/C7H10BNO5/c1-5(10)13-7-3-4-12-8(9-7)14-6(2)11/h3-4,7,9H,1-2H3. The molecule has 0 saturated carbocycles. The van der Waals surface area contributed by atoms with Crippen molar-refractivity contribution in [2.75, 3.05) is 0 Å². The maximum absolute atomic E-state index is 10.6.